The van der Waals surface area contributed by atoms with Crippen molar-refractivity contribution in [2.45, 2.75) is 6.56 Å². The molecule has 0 atom stereocenters. The summed E-state index contributed by atoms with van der Waals surface area (Å²) in [6, 6.07) is 3.52. The van der Waals surface area contributed by atoms with Gasteiger partial charge in [-0.2, -0.15) is 0 Å². The lowest BCUT2D eigenvalue weighted by atomic mass is 10.2. The maximum atomic E-state index is 10.6. The fraction of sp³-hybridized carbons (Fsp3) is 0.250. The third-order valence-electron chi connectivity index (χ3n) is 1.52. The topological polar surface area (TPSA) is 72.6 Å². The molecular formula is C8H9NO4. The fourth-order valence-corrected chi connectivity index (χ4v) is 0.884. The SMILES string of the molecule is [2H]C([2H])(O)c1ccc(OC)cc1[N+](=O)[O-]. The molecule has 0 aliphatic rings. The minimum absolute atomic E-state index is 0.231. The van der Waals surface area contributed by atoms with E-state index in [0.29, 0.717) is 0 Å². The van der Waals surface area contributed by atoms with E-state index in [9.17, 15) is 10.1 Å². The molecule has 0 aliphatic heterocycles. The van der Waals surface area contributed by atoms with Crippen LogP contribution < -0.4 is 4.74 Å². The monoisotopic (exact) mass is 185 g/mol. The first-order valence-electron chi connectivity index (χ1n) is 4.41. The van der Waals surface area contributed by atoms with Crippen LogP contribution in [0.4, 0.5) is 5.69 Å². The van der Waals surface area contributed by atoms with E-state index in [0.717, 1.165) is 12.1 Å². The Hall–Kier alpha value is -1.62. The second-order valence-electron chi connectivity index (χ2n) is 2.25. The number of rotatable bonds is 3. The Bertz CT molecular complexity index is 389. The molecule has 0 fully saturated rings. The van der Waals surface area contributed by atoms with Crippen LogP contribution >= 0.6 is 0 Å². The highest BCUT2D eigenvalue weighted by molar-refractivity contribution is 5.45. The average Bonchev–Trinajstić information content (AvgIpc) is 2.15. The maximum absolute atomic E-state index is 10.6. The highest BCUT2D eigenvalue weighted by Gasteiger charge is 2.13. The molecule has 0 aliphatic carbocycles. The molecule has 1 aromatic rings. The van der Waals surface area contributed by atoms with E-state index in [1.807, 2.05) is 0 Å². The first kappa shape index (κ1) is 6.85. The second-order valence-corrected chi connectivity index (χ2v) is 2.25. The predicted molar refractivity (Wildman–Crippen MR) is 45.6 cm³/mol. The quantitative estimate of drug-likeness (QED) is 0.565. The molecule has 0 amide bonds. The van der Waals surface area contributed by atoms with Gasteiger partial charge < -0.3 is 9.84 Å². The third-order valence-corrected chi connectivity index (χ3v) is 1.52. The molecule has 0 saturated heterocycles. The Morgan fingerprint density at radius 2 is 2.46 bits per heavy atom. The first-order valence-corrected chi connectivity index (χ1v) is 3.41. The molecule has 0 bridgehead atoms. The smallest absolute Gasteiger partial charge is 0.278 e. The molecule has 0 spiro atoms. The van der Waals surface area contributed by atoms with Crippen LogP contribution in [0.2, 0.25) is 0 Å². The minimum atomic E-state index is -2.74. The van der Waals surface area contributed by atoms with Gasteiger partial charge in [0.15, 0.2) is 0 Å². The zero-order chi connectivity index (χ0) is 11.6. The van der Waals surface area contributed by atoms with Crippen molar-refractivity contribution in [2.24, 2.45) is 0 Å². The summed E-state index contributed by atoms with van der Waals surface area (Å²) in [5.74, 6) is 0.231. The van der Waals surface area contributed by atoms with Crippen molar-refractivity contribution in [3.8, 4) is 5.75 Å². The highest BCUT2D eigenvalue weighted by Crippen LogP contribution is 2.24. The van der Waals surface area contributed by atoms with Crippen LogP contribution in [-0.2, 0) is 6.56 Å². The van der Waals surface area contributed by atoms with E-state index in [2.05, 4.69) is 0 Å². The number of methoxy groups -OCH3 is 1. The van der Waals surface area contributed by atoms with Crippen molar-refractivity contribution < 1.29 is 17.5 Å². The Balaban J connectivity index is 3.34. The van der Waals surface area contributed by atoms with Gasteiger partial charge in [0, 0.05) is 0 Å². The molecular weight excluding hydrogens is 174 g/mol. The van der Waals surface area contributed by atoms with Crippen LogP contribution in [0.5, 0.6) is 5.75 Å². The number of aliphatic hydroxyl groups is 1. The number of nitrogens with zero attached hydrogens (tertiary/aromatic N) is 1. The third kappa shape index (κ3) is 1.94. The molecule has 70 valence electrons. The van der Waals surface area contributed by atoms with E-state index in [1.165, 1.54) is 13.2 Å². The fourth-order valence-electron chi connectivity index (χ4n) is 0.884. The van der Waals surface area contributed by atoms with E-state index in [4.69, 9.17) is 12.6 Å². The maximum Gasteiger partial charge on any atom is 0.278 e. The van der Waals surface area contributed by atoms with Gasteiger partial charge >= 0.3 is 0 Å². The van der Waals surface area contributed by atoms with E-state index >= 15 is 0 Å². The number of benzene rings is 1. The van der Waals surface area contributed by atoms with Crippen LogP contribution in [0.1, 0.15) is 8.30 Å². The van der Waals surface area contributed by atoms with Crippen molar-refractivity contribution in [2.75, 3.05) is 7.11 Å². The largest absolute Gasteiger partial charge is 0.497 e. The number of hydrogen-bond donors (Lipinski definition) is 1. The van der Waals surface area contributed by atoms with Gasteiger partial charge in [0.2, 0.25) is 0 Å². The lowest BCUT2D eigenvalue weighted by molar-refractivity contribution is -0.385. The van der Waals surface area contributed by atoms with Gasteiger partial charge in [-0.3, -0.25) is 10.1 Å². The summed E-state index contributed by atoms with van der Waals surface area (Å²) in [7, 11) is 1.34. The number of nitro benzene ring substituents is 1. The van der Waals surface area contributed by atoms with Crippen LogP contribution in [0, 0.1) is 10.1 Å². The van der Waals surface area contributed by atoms with Crippen molar-refractivity contribution in [1.29, 1.82) is 0 Å². The summed E-state index contributed by atoms with van der Waals surface area (Å²) in [5.41, 5.74) is -0.907. The van der Waals surface area contributed by atoms with Gasteiger partial charge in [-0.25, -0.2) is 0 Å². The second kappa shape index (κ2) is 3.86. The summed E-state index contributed by atoms with van der Waals surface area (Å²) in [5, 5.41) is 19.7. The molecule has 13 heavy (non-hydrogen) atoms. The molecule has 1 N–H and O–H groups in total. The van der Waals surface area contributed by atoms with Gasteiger partial charge in [-0.1, -0.05) is 0 Å². The van der Waals surface area contributed by atoms with Gasteiger partial charge in [-0.05, 0) is 12.1 Å². The van der Waals surface area contributed by atoms with E-state index in [1.54, 1.807) is 0 Å². The van der Waals surface area contributed by atoms with Crippen LogP contribution in [0.25, 0.3) is 0 Å². The lowest BCUT2D eigenvalue weighted by Gasteiger charge is -2.02. The van der Waals surface area contributed by atoms with Gasteiger partial charge in [0.05, 0.1) is 33.0 Å². The summed E-state index contributed by atoms with van der Waals surface area (Å²) >= 11 is 0. The Morgan fingerprint density at radius 1 is 1.77 bits per heavy atom. The van der Waals surface area contributed by atoms with Gasteiger partial charge in [0.25, 0.3) is 5.69 Å². The van der Waals surface area contributed by atoms with E-state index < -0.39 is 22.7 Å². The summed E-state index contributed by atoms with van der Waals surface area (Å²) in [6.07, 6.45) is 0. The number of nitro groups is 1. The summed E-state index contributed by atoms with van der Waals surface area (Å²) in [6.45, 7) is -2.74. The standard InChI is InChI=1S/C8H9NO4/c1-13-7-3-2-6(5-10)8(4-7)9(11)12/h2-4,10H,5H2,1H3/i5D2. The van der Waals surface area contributed by atoms with E-state index in [-0.39, 0.29) is 5.75 Å². The van der Waals surface area contributed by atoms with Gasteiger partial charge in [-0.15, -0.1) is 0 Å². The van der Waals surface area contributed by atoms with Crippen molar-refractivity contribution in [1.82, 2.24) is 0 Å². The Morgan fingerprint density at radius 3 is 2.92 bits per heavy atom. The lowest BCUT2D eigenvalue weighted by Crippen LogP contribution is -1.96. The number of hydrogen-bond acceptors (Lipinski definition) is 4. The molecule has 0 radical (unpaired) electrons. The Kier molecular flexibility index (Phi) is 2.03. The number of ether oxygens (including phenoxy) is 1. The first-order chi connectivity index (χ1) is 6.86. The average molecular weight is 185 g/mol. The molecule has 0 heterocycles. The van der Waals surface area contributed by atoms with Crippen molar-refractivity contribution >= 4 is 5.69 Å². The molecule has 5 nitrogen and oxygen atoms in total. The summed E-state index contributed by atoms with van der Waals surface area (Å²) in [4.78, 5) is 9.84. The summed E-state index contributed by atoms with van der Waals surface area (Å²) < 4.78 is 18.8. The zero-order valence-corrected chi connectivity index (χ0v) is 6.85. The molecule has 5 heteroatoms. The Labute approximate surface area is 77.5 Å². The minimum Gasteiger partial charge on any atom is -0.497 e. The van der Waals surface area contributed by atoms with Gasteiger partial charge in [0.1, 0.15) is 5.75 Å². The van der Waals surface area contributed by atoms with Crippen LogP contribution in [0.3, 0.4) is 0 Å². The molecule has 0 saturated carbocycles. The highest BCUT2D eigenvalue weighted by atomic mass is 16.6. The van der Waals surface area contributed by atoms with Crippen LogP contribution in [0.15, 0.2) is 18.2 Å². The molecule has 1 aromatic carbocycles. The molecule has 0 unspecified atom stereocenters. The van der Waals surface area contributed by atoms with Crippen molar-refractivity contribution in [3.05, 3.63) is 33.9 Å². The predicted octanol–water partition coefficient (Wildman–Crippen LogP) is 1.10. The molecule has 0 aromatic heterocycles. The van der Waals surface area contributed by atoms with Crippen LogP contribution in [-0.4, -0.2) is 17.1 Å². The van der Waals surface area contributed by atoms with Crippen molar-refractivity contribution in [3.63, 3.8) is 0 Å². The zero-order valence-electron chi connectivity index (χ0n) is 8.85. The normalized spacial score (nSPS) is 13.1. The molecule has 1 rings (SSSR count).